The Labute approximate surface area is 169 Å². The lowest BCUT2D eigenvalue weighted by Gasteiger charge is -2.25. The molecule has 3 aromatic rings. The van der Waals surface area contributed by atoms with Crippen molar-refractivity contribution in [1.82, 2.24) is 14.5 Å². The molecule has 0 saturated carbocycles. The second-order valence-corrected chi connectivity index (χ2v) is 7.28. The Balaban J connectivity index is 1.46. The van der Waals surface area contributed by atoms with Gasteiger partial charge in [0.2, 0.25) is 0 Å². The predicted octanol–water partition coefficient (Wildman–Crippen LogP) is 4.04. The van der Waals surface area contributed by atoms with Crippen molar-refractivity contribution >= 4 is 17.6 Å². The number of aromatic nitrogens is 2. The van der Waals surface area contributed by atoms with Crippen LogP contribution in [0.5, 0.6) is 0 Å². The normalized spacial score (nSPS) is 17.4. The minimum atomic E-state index is -0.497. The summed E-state index contributed by atoms with van der Waals surface area (Å²) in [5, 5.41) is 4.41. The van der Waals surface area contributed by atoms with Gasteiger partial charge < -0.3 is 4.74 Å². The highest BCUT2D eigenvalue weighted by molar-refractivity contribution is 5.86. The molecule has 1 saturated heterocycles. The van der Waals surface area contributed by atoms with E-state index in [0.717, 1.165) is 43.4 Å². The summed E-state index contributed by atoms with van der Waals surface area (Å²) in [5.74, 6) is -0.819. The molecule has 5 nitrogen and oxygen atoms in total. The molecule has 1 aromatic carbocycles. The fraction of sp³-hybridized carbons (Fsp3) is 0.304. The molecule has 4 rings (SSSR count). The average Bonchev–Trinajstić information content (AvgIpc) is 3.38. The third-order valence-electron chi connectivity index (χ3n) is 5.55. The number of methoxy groups -OCH3 is 1. The summed E-state index contributed by atoms with van der Waals surface area (Å²) >= 11 is 0. The van der Waals surface area contributed by atoms with Crippen LogP contribution in [0.2, 0.25) is 0 Å². The van der Waals surface area contributed by atoms with Crippen molar-refractivity contribution in [3.63, 3.8) is 0 Å². The Kier molecular flexibility index (Phi) is 5.71. The quantitative estimate of drug-likeness (QED) is 0.468. The molecule has 0 spiro atoms. The Morgan fingerprint density at radius 2 is 2.24 bits per heavy atom. The Morgan fingerprint density at radius 3 is 3.07 bits per heavy atom. The second kappa shape index (κ2) is 8.57. The van der Waals surface area contributed by atoms with Crippen LogP contribution in [-0.2, 0) is 16.0 Å². The van der Waals surface area contributed by atoms with Gasteiger partial charge in [0.25, 0.3) is 0 Å². The van der Waals surface area contributed by atoms with Gasteiger partial charge in [-0.15, -0.1) is 0 Å². The maximum atomic E-state index is 14.5. The molecule has 1 aliphatic heterocycles. The van der Waals surface area contributed by atoms with Crippen molar-refractivity contribution in [1.29, 1.82) is 0 Å². The molecule has 150 valence electrons. The van der Waals surface area contributed by atoms with E-state index in [1.165, 1.54) is 24.8 Å². The Hall–Kier alpha value is -2.99. The largest absolute Gasteiger partial charge is 0.466 e. The van der Waals surface area contributed by atoms with E-state index in [4.69, 9.17) is 0 Å². The number of nitrogens with zero attached hydrogens (tertiary/aromatic N) is 3. The van der Waals surface area contributed by atoms with Gasteiger partial charge in [-0.25, -0.2) is 13.7 Å². The lowest BCUT2D eigenvalue weighted by molar-refractivity contribution is -0.134. The first-order valence-electron chi connectivity index (χ1n) is 9.86. The third kappa shape index (κ3) is 4.22. The summed E-state index contributed by atoms with van der Waals surface area (Å²) in [7, 11) is 1.30. The van der Waals surface area contributed by atoms with Gasteiger partial charge in [-0.3, -0.25) is 4.90 Å². The highest BCUT2D eigenvalue weighted by Gasteiger charge is 2.26. The lowest BCUT2D eigenvalue weighted by atomic mass is 10.0. The minimum absolute atomic E-state index is 0.213. The maximum absolute atomic E-state index is 14.5. The van der Waals surface area contributed by atoms with E-state index in [-0.39, 0.29) is 11.9 Å². The number of pyridine rings is 1. The van der Waals surface area contributed by atoms with Crippen molar-refractivity contribution in [3.05, 3.63) is 77.4 Å². The Morgan fingerprint density at radius 1 is 1.34 bits per heavy atom. The second-order valence-electron chi connectivity index (χ2n) is 7.28. The van der Waals surface area contributed by atoms with Gasteiger partial charge in [0.1, 0.15) is 5.82 Å². The Bertz CT molecular complexity index is 1040. The highest BCUT2D eigenvalue weighted by Crippen LogP contribution is 2.33. The van der Waals surface area contributed by atoms with Crippen LogP contribution in [-0.4, -0.2) is 40.7 Å². The van der Waals surface area contributed by atoms with Crippen LogP contribution in [0.25, 0.3) is 11.6 Å². The zero-order valence-corrected chi connectivity index (χ0v) is 16.4. The van der Waals surface area contributed by atoms with Crippen LogP contribution < -0.4 is 0 Å². The molecule has 0 radical (unpaired) electrons. The first-order valence-corrected chi connectivity index (χ1v) is 9.86. The van der Waals surface area contributed by atoms with Crippen molar-refractivity contribution in [3.8, 4) is 0 Å². The molecule has 1 atom stereocenters. The number of fused-ring (bicyclic) bond motifs is 1. The summed E-state index contributed by atoms with van der Waals surface area (Å²) < 4.78 is 21.0. The number of hydrogen-bond donors (Lipinski definition) is 0. The van der Waals surface area contributed by atoms with E-state index in [0.29, 0.717) is 5.56 Å². The molecule has 3 heterocycles. The van der Waals surface area contributed by atoms with Crippen LogP contribution in [0.3, 0.4) is 0 Å². The number of carbonyl (C=O) groups is 1. The van der Waals surface area contributed by atoms with Gasteiger partial charge in [0.05, 0.1) is 18.8 Å². The highest BCUT2D eigenvalue weighted by atomic mass is 19.1. The zero-order valence-electron chi connectivity index (χ0n) is 16.4. The van der Waals surface area contributed by atoms with Gasteiger partial charge >= 0.3 is 5.97 Å². The number of halogens is 1. The number of esters is 1. The standard InChI is InChI=1S/C23H24FN3O2/c1-29-23(28)10-9-17-7-8-18(15-20(17)24)21-6-4-12-26(21)14-11-19-16-25-27-13-3-2-5-22(19)27/h2-3,5,7-10,13,15-16,21H,4,6,11-12,14H2,1H3/b10-9+. The van der Waals surface area contributed by atoms with Gasteiger partial charge in [0, 0.05) is 30.4 Å². The zero-order chi connectivity index (χ0) is 20.2. The van der Waals surface area contributed by atoms with E-state index >= 15 is 0 Å². The first-order chi connectivity index (χ1) is 14.2. The molecule has 1 fully saturated rings. The smallest absolute Gasteiger partial charge is 0.330 e. The number of carbonyl (C=O) groups excluding carboxylic acids is 1. The molecule has 0 aliphatic carbocycles. The van der Waals surface area contributed by atoms with E-state index < -0.39 is 5.97 Å². The summed E-state index contributed by atoms with van der Waals surface area (Å²) in [4.78, 5) is 13.6. The van der Waals surface area contributed by atoms with Gasteiger partial charge in [-0.1, -0.05) is 18.2 Å². The van der Waals surface area contributed by atoms with Crippen molar-refractivity contribution in [2.75, 3.05) is 20.2 Å². The van der Waals surface area contributed by atoms with Crippen LogP contribution >= 0.6 is 0 Å². The molecule has 0 amide bonds. The van der Waals surface area contributed by atoms with Crippen molar-refractivity contribution in [2.24, 2.45) is 0 Å². The number of hydrogen-bond acceptors (Lipinski definition) is 4. The van der Waals surface area contributed by atoms with Crippen LogP contribution in [0, 0.1) is 5.82 Å². The fourth-order valence-electron chi connectivity index (χ4n) is 4.03. The van der Waals surface area contributed by atoms with Gasteiger partial charge in [-0.2, -0.15) is 5.10 Å². The van der Waals surface area contributed by atoms with Crippen LogP contribution in [0.4, 0.5) is 4.39 Å². The van der Waals surface area contributed by atoms with Gasteiger partial charge in [-0.05, 0) is 61.2 Å². The average molecular weight is 393 g/mol. The van der Waals surface area contributed by atoms with E-state index in [1.54, 1.807) is 12.1 Å². The molecule has 29 heavy (non-hydrogen) atoms. The number of ether oxygens (including phenoxy) is 1. The number of likely N-dealkylation sites (tertiary alicyclic amines) is 1. The molecule has 0 bridgehead atoms. The van der Waals surface area contributed by atoms with Crippen molar-refractivity contribution < 1.29 is 13.9 Å². The van der Waals surface area contributed by atoms with E-state index in [2.05, 4.69) is 20.8 Å². The molecular weight excluding hydrogens is 369 g/mol. The van der Waals surface area contributed by atoms with E-state index in [1.807, 2.05) is 35.1 Å². The van der Waals surface area contributed by atoms with Crippen LogP contribution in [0.15, 0.2) is 54.9 Å². The summed E-state index contributed by atoms with van der Waals surface area (Å²) in [5.41, 5.74) is 3.73. The first kappa shape index (κ1) is 19.3. The molecular formula is C23H24FN3O2. The van der Waals surface area contributed by atoms with E-state index in [9.17, 15) is 9.18 Å². The van der Waals surface area contributed by atoms with Crippen molar-refractivity contribution in [2.45, 2.75) is 25.3 Å². The molecule has 2 aromatic heterocycles. The predicted molar refractivity (Wildman–Crippen MR) is 110 cm³/mol. The maximum Gasteiger partial charge on any atom is 0.330 e. The molecule has 1 aliphatic rings. The number of benzene rings is 1. The number of rotatable bonds is 6. The van der Waals surface area contributed by atoms with Gasteiger partial charge in [0.15, 0.2) is 0 Å². The lowest BCUT2D eigenvalue weighted by Crippen LogP contribution is -2.25. The fourth-order valence-corrected chi connectivity index (χ4v) is 4.03. The molecule has 1 unspecified atom stereocenters. The van der Waals surface area contributed by atoms with Crippen LogP contribution in [0.1, 0.15) is 35.6 Å². The summed E-state index contributed by atoms with van der Waals surface area (Å²) in [6.45, 7) is 1.92. The molecule has 0 N–H and O–H groups in total. The summed E-state index contributed by atoms with van der Waals surface area (Å²) in [6, 6.07) is 11.6. The monoisotopic (exact) mass is 393 g/mol. The summed E-state index contributed by atoms with van der Waals surface area (Å²) in [6.07, 6.45) is 9.60. The molecule has 6 heteroatoms. The third-order valence-corrected chi connectivity index (χ3v) is 5.55. The SMILES string of the molecule is COC(=O)/C=C/c1ccc(C2CCCN2CCc2cnn3ccccc23)cc1F. The topological polar surface area (TPSA) is 46.8 Å². The minimum Gasteiger partial charge on any atom is -0.466 e.